The average Bonchev–Trinajstić information content (AvgIpc) is 3.44. The summed E-state index contributed by atoms with van der Waals surface area (Å²) in [5.41, 5.74) is 0.454. The first-order chi connectivity index (χ1) is 17.2. The van der Waals surface area contributed by atoms with Crippen molar-refractivity contribution in [2.45, 2.75) is 31.0 Å². The standard InChI is InChI=1S/C25H29F3N6OS/c1-25-6-9-34(22-18(27)12-17(26)13-19(22)28)20(25)14-33(15-25)7-4-10-36-24-30-29-23(32(24)3)16-5-8-31(2)21(35)11-16/h5,8,11-13,20H,4,6-7,9-10,14-15H2,1-3H3/t20-,25?/m1/s1. The molecular weight excluding hydrogens is 489 g/mol. The third kappa shape index (κ3) is 4.54. The second-order valence-electron chi connectivity index (χ2n) is 10.00. The van der Waals surface area contributed by atoms with Crippen LogP contribution in [-0.2, 0) is 14.1 Å². The molecule has 3 aromatic rings. The zero-order valence-electron chi connectivity index (χ0n) is 20.5. The minimum absolute atomic E-state index is 0.0144. The Morgan fingerprint density at radius 2 is 1.89 bits per heavy atom. The van der Waals surface area contributed by atoms with Crippen LogP contribution in [0.15, 0.2) is 40.4 Å². The fraction of sp³-hybridized carbons (Fsp3) is 0.480. The number of benzene rings is 1. The van der Waals surface area contributed by atoms with Crippen LogP contribution in [0.4, 0.5) is 18.9 Å². The maximum atomic E-state index is 14.5. The lowest BCUT2D eigenvalue weighted by atomic mass is 9.85. The van der Waals surface area contributed by atoms with Gasteiger partial charge in [0.15, 0.2) is 22.6 Å². The monoisotopic (exact) mass is 518 g/mol. The summed E-state index contributed by atoms with van der Waals surface area (Å²) in [6, 6.07) is 4.90. The van der Waals surface area contributed by atoms with Crippen molar-refractivity contribution in [3.05, 3.63) is 58.3 Å². The van der Waals surface area contributed by atoms with Gasteiger partial charge >= 0.3 is 0 Å². The normalized spacial score (nSPS) is 21.9. The van der Waals surface area contributed by atoms with Gasteiger partial charge in [-0.15, -0.1) is 10.2 Å². The number of halogens is 3. The van der Waals surface area contributed by atoms with Crippen molar-refractivity contribution in [3.8, 4) is 11.4 Å². The first-order valence-corrected chi connectivity index (χ1v) is 13.0. The number of pyridine rings is 1. The molecule has 2 aromatic heterocycles. The largest absolute Gasteiger partial charge is 0.362 e. The minimum Gasteiger partial charge on any atom is -0.362 e. The minimum atomic E-state index is -0.899. The lowest BCUT2D eigenvalue weighted by molar-refractivity contribution is 0.276. The van der Waals surface area contributed by atoms with Crippen LogP contribution in [0.25, 0.3) is 11.4 Å². The van der Waals surface area contributed by atoms with Gasteiger partial charge in [-0.2, -0.15) is 0 Å². The Hall–Kier alpha value is -2.79. The summed E-state index contributed by atoms with van der Waals surface area (Å²) >= 11 is 1.61. The van der Waals surface area contributed by atoms with E-state index in [0.717, 1.165) is 54.5 Å². The fourth-order valence-electron chi connectivity index (χ4n) is 5.48. The van der Waals surface area contributed by atoms with Gasteiger partial charge in [-0.3, -0.25) is 4.79 Å². The SMILES string of the molecule is Cn1c(SCCCN2C[C@H]3N(c4c(F)cc(F)cc4F)CCC3(C)C2)nnc1-c1ccn(C)c(=O)c1. The van der Waals surface area contributed by atoms with Crippen molar-refractivity contribution >= 4 is 17.4 Å². The molecule has 36 heavy (non-hydrogen) atoms. The molecule has 1 aromatic carbocycles. The van der Waals surface area contributed by atoms with Gasteiger partial charge in [-0.05, 0) is 25.5 Å². The van der Waals surface area contributed by atoms with Gasteiger partial charge in [-0.25, -0.2) is 13.2 Å². The van der Waals surface area contributed by atoms with E-state index in [1.165, 1.54) is 4.57 Å². The van der Waals surface area contributed by atoms with Crippen molar-refractivity contribution < 1.29 is 13.2 Å². The highest BCUT2D eigenvalue weighted by molar-refractivity contribution is 7.99. The quantitative estimate of drug-likeness (QED) is 0.351. The number of aromatic nitrogens is 4. The summed E-state index contributed by atoms with van der Waals surface area (Å²) in [5, 5.41) is 9.33. The van der Waals surface area contributed by atoms with E-state index in [-0.39, 0.29) is 22.7 Å². The Bertz CT molecular complexity index is 1320. The molecule has 2 saturated heterocycles. The predicted molar refractivity (Wildman–Crippen MR) is 134 cm³/mol. The Labute approximate surface area is 211 Å². The van der Waals surface area contributed by atoms with E-state index in [9.17, 15) is 18.0 Å². The van der Waals surface area contributed by atoms with Crippen LogP contribution >= 0.6 is 11.8 Å². The van der Waals surface area contributed by atoms with Crippen molar-refractivity contribution in [1.82, 2.24) is 24.2 Å². The van der Waals surface area contributed by atoms with E-state index in [2.05, 4.69) is 22.0 Å². The molecule has 1 unspecified atom stereocenters. The third-order valence-electron chi connectivity index (χ3n) is 7.44. The number of aryl methyl sites for hydroxylation is 1. The summed E-state index contributed by atoms with van der Waals surface area (Å²) in [4.78, 5) is 16.1. The van der Waals surface area contributed by atoms with E-state index in [1.807, 2.05) is 17.7 Å². The summed E-state index contributed by atoms with van der Waals surface area (Å²) in [6.45, 7) is 5.17. The lowest BCUT2D eigenvalue weighted by Gasteiger charge is -2.30. The molecular formula is C25H29F3N6OS. The summed E-state index contributed by atoms with van der Waals surface area (Å²) in [7, 11) is 3.59. The van der Waals surface area contributed by atoms with Gasteiger partial charge < -0.3 is 18.9 Å². The second kappa shape index (κ2) is 9.59. The van der Waals surface area contributed by atoms with Crippen LogP contribution in [-0.4, -0.2) is 62.2 Å². The van der Waals surface area contributed by atoms with Gasteiger partial charge in [0.25, 0.3) is 5.56 Å². The maximum absolute atomic E-state index is 14.5. The molecule has 0 saturated carbocycles. The fourth-order valence-corrected chi connectivity index (χ4v) is 6.31. The number of thioether (sulfide) groups is 1. The van der Waals surface area contributed by atoms with E-state index in [4.69, 9.17) is 0 Å². The highest BCUT2D eigenvalue weighted by Crippen LogP contribution is 2.45. The molecule has 0 aliphatic carbocycles. The van der Waals surface area contributed by atoms with Crippen LogP contribution in [0.2, 0.25) is 0 Å². The van der Waals surface area contributed by atoms with Crippen LogP contribution in [0.1, 0.15) is 19.8 Å². The number of rotatable bonds is 7. The number of likely N-dealkylation sites (tertiary alicyclic amines) is 1. The number of fused-ring (bicyclic) bond motifs is 1. The summed E-state index contributed by atoms with van der Waals surface area (Å²) in [6.07, 6.45) is 3.47. The van der Waals surface area contributed by atoms with Crippen LogP contribution in [0, 0.1) is 22.9 Å². The van der Waals surface area contributed by atoms with Gasteiger partial charge in [0.05, 0.1) is 0 Å². The van der Waals surface area contributed by atoms with E-state index in [1.54, 1.807) is 36.0 Å². The molecule has 0 bridgehead atoms. The molecule has 2 atom stereocenters. The maximum Gasteiger partial charge on any atom is 0.250 e. The highest BCUT2D eigenvalue weighted by atomic mass is 32.2. The molecule has 192 valence electrons. The van der Waals surface area contributed by atoms with E-state index >= 15 is 0 Å². The molecule has 11 heteroatoms. The molecule has 0 spiro atoms. The second-order valence-corrected chi connectivity index (χ2v) is 11.1. The van der Waals surface area contributed by atoms with Crippen LogP contribution in [0.3, 0.4) is 0 Å². The Morgan fingerprint density at radius 3 is 2.61 bits per heavy atom. The molecule has 2 fully saturated rings. The van der Waals surface area contributed by atoms with Gasteiger partial charge in [0.2, 0.25) is 0 Å². The Morgan fingerprint density at radius 1 is 1.14 bits per heavy atom. The van der Waals surface area contributed by atoms with E-state index < -0.39 is 17.5 Å². The van der Waals surface area contributed by atoms with Gasteiger partial charge in [-0.1, -0.05) is 18.7 Å². The summed E-state index contributed by atoms with van der Waals surface area (Å²) < 4.78 is 45.7. The van der Waals surface area contributed by atoms with Gasteiger partial charge in [0, 0.05) is 80.9 Å². The first-order valence-electron chi connectivity index (χ1n) is 12.0. The first kappa shape index (κ1) is 24.9. The smallest absolute Gasteiger partial charge is 0.250 e. The zero-order chi connectivity index (χ0) is 25.6. The summed E-state index contributed by atoms with van der Waals surface area (Å²) in [5.74, 6) is -1.10. The van der Waals surface area contributed by atoms with Crippen LogP contribution < -0.4 is 10.5 Å². The van der Waals surface area contributed by atoms with Crippen molar-refractivity contribution in [2.24, 2.45) is 19.5 Å². The lowest BCUT2D eigenvalue weighted by Crippen LogP contribution is -2.39. The number of nitrogens with zero attached hydrogens (tertiary/aromatic N) is 6. The number of anilines is 1. The van der Waals surface area contributed by atoms with Crippen molar-refractivity contribution in [2.75, 3.05) is 36.8 Å². The van der Waals surface area contributed by atoms with Gasteiger partial charge in [0.1, 0.15) is 11.5 Å². The molecule has 2 aliphatic rings. The Balaban J connectivity index is 1.18. The number of hydrogen-bond donors (Lipinski definition) is 0. The Kier molecular flexibility index (Phi) is 6.63. The molecule has 7 nitrogen and oxygen atoms in total. The van der Waals surface area contributed by atoms with Crippen molar-refractivity contribution in [3.63, 3.8) is 0 Å². The number of hydrogen-bond acceptors (Lipinski definition) is 6. The predicted octanol–water partition coefficient (Wildman–Crippen LogP) is 3.68. The molecule has 0 radical (unpaired) electrons. The molecule has 2 aliphatic heterocycles. The average molecular weight is 519 g/mol. The molecule has 4 heterocycles. The third-order valence-corrected chi connectivity index (χ3v) is 8.54. The molecule has 5 rings (SSSR count). The topological polar surface area (TPSA) is 59.2 Å². The van der Waals surface area contributed by atoms with E-state index in [0.29, 0.717) is 18.9 Å². The highest BCUT2D eigenvalue weighted by Gasteiger charge is 2.51. The van der Waals surface area contributed by atoms with Crippen molar-refractivity contribution in [1.29, 1.82) is 0 Å². The molecule has 0 amide bonds. The zero-order valence-corrected chi connectivity index (χ0v) is 21.4. The molecule has 0 N–H and O–H groups in total. The van der Waals surface area contributed by atoms with Crippen LogP contribution in [0.5, 0.6) is 0 Å².